The van der Waals surface area contributed by atoms with Gasteiger partial charge in [-0.2, -0.15) is 0 Å². The minimum absolute atomic E-state index is 0.0709. The number of rotatable bonds is 60. The van der Waals surface area contributed by atoms with Crippen molar-refractivity contribution in [3.05, 3.63) is 60.8 Å². The highest BCUT2D eigenvalue weighted by Gasteiger charge is 2.19. The average molecular weight is 1050 g/mol. The van der Waals surface area contributed by atoms with Crippen molar-refractivity contribution in [1.82, 2.24) is 0 Å². The van der Waals surface area contributed by atoms with Crippen LogP contribution in [0.4, 0.5) is 0 Å². The first-order chi connectivity index (χ1) is 37.0. The summed E-state index contributed by atoms with van der Waals surface area (Å²) in [5.74, 6) is -0.867. The zero-order valence-corrected chi connectivity index (χ0v) is 50.1. The van der Waals surface area contributed by atoms with Crippen LogP contribution in [0.25, 0.3) is 0 Å². The second-order valence-electron chi connectivity index (χ2n) is 22.0. The summed E-state index contributed by atoms with van der Waals surface area (Å²) in [4.78, 5) is 38.0. The molecule has 75 heavy (non-hydrogen) atoms. The summed E-state index contributed by atoms with van der Waals surface area (Å²) in [6.45, 7) is 6.50. The van der Waals surface area contributed by atoms with E-state index in [0.717, 1.165) is 83.5 Å². The molecule has 0 bridgehead atoms. The van der Waals surface area contributed by atoms with Gasteiger partial charge in [0.25, 0.3) is 0 Å². The van der Waals surface area contributed by atoms with E-state index in [1.54, 1.807) is 0 Å². The number of unbranched alkanes of at least 4 members (excludes halogenated alkanes) is 39. The molecule has 0 aliphatic heterocycles. The van der Waals surface area contributed by atoms with E-state index in [1.165, 1.54) is 218 Å². The van der Waals surface area contributed by atoms with Crippen molar-refractivity contribution in [1.29, 1.82) is 0 Å². The van der Waals surface area contributed by atoms with E-state index in [2.05, 4.69) is 81.5 Å². The summed E-state index contributed by atoms with van der Waals surface area (Å²) in [5, 5.41) is 0. The monoisotopic (exact) mass is 1050 g/mol. The Morgan fingerprint density at radius 1 is 0.280 bits per heavy atom. The van der Waals surface area contributed by atoms with Crippen LogP contribution >= 0.6 is 0 Å². The van der Waals surface area contributed by atoms with Crippen molar-refractivity contribution < 1.29 is 28.6 Å². The first-order valence-corrected chi connectivity index (χ1v) is 32.8. The highest BCUT2D eigenvalue weighted by Crippen LogP contribution is 2.17. The Kier molecular flexibility index (Phi) is 61.2. The number of carbonyl (C=O) groups is 3. The zero-order valence-electron chi connectivity index (χ0n) is 50.1. The molecular weight excluding hydrogens is 925 g/mol. The summed E-state index contributed by atoms with van der Waals surface area (Å²) in [5.41, 5.74) is 0. The quantitative estimate of drug-likeness (QED) is 0.0261. The third-order valence-corrected chi connectivity index (χ3v) is 14.5. The van der Waals surface area contributed by atoms with Crippen LogP contribution < -0.4 is 0 Å². The molecule has 0 amide bonds. The number of esters is 3. The van der Waals surface area contributed by atoms with E-state index >= 15 is 0 Å². The lowest BCUT2D eigenvalue weighted by molar-refractivity contribution is -0.167. The molecule has 0 aromatic heterocycles. The van der Waals surface area contributed by atoms with E-state index in [0.29, 0.717) is 19.3 Å². The van der Waals surface area contributed by atoms with Gasteiger partial charge in [-0.1, -0.05) is 300 Å². The van der Waals surface area contributed by atoms with Crippen LogP contribution in [0.2, 0.25) is 0 Å². The van der Waals surface area contributed by atoms with Crippen molar-refractivity contribution in [3.63, 3.8) is 0 Å². The fraction of sp³-hybridized carbons (Fsp3) is 0.812. The van der Waals surface area contributed by atoms with Crippen LogP contribution in [0.5, 0.6) is 0 Å². The normalized spacial score (nSPS) is 12.4. The summed E-state index contributed by atoms with van der Waals surface area (Å²) >= 11 is 0. The smallest absolute Gasteiger partial charge is 0.306 e. The number of hydrogen-bond donors (Lipinski definition) is 0. The summed E-state index contributed by atoms with van der Waals surface area (Å²) in [6.07, 6.45) is 81.4. The summed E-state index contributed by atoms with van der Waals surface area (Å²) in [7, 11) is 0. The van der Waals surface area contributed by atoms with Crippen molar-refractivity contribution in [2.24, 2.45) is 0 Å². The predicted octanol–water partition coefficient (Wildman–Crippen LogP) is 22.3. The number of allylic oxidation sites excluding steroid dienone is 10. The average Bonchev–Trinajstić information content (AvgIpc) is 3.41. The van der Waals surface area contributed by atoms with Gasteiger partial charge in [-0.25, -0.2) is 0 Å². The molecular formula is C69H124O6. The third kappa shape index (κ3) is 61.8. The lowest BCUT2D eigenvalue weighted by Crippen LogP contribution is -2.30. The van der Waals surface area contributed by atoms with Gasteiger partial charge in [-0.15, -0.1) is 0 Å². The molecule has 6 heteroatoms. The minimum Gasteiger partial charge on any atom is -0.462 e. The molecule has 0 rings (SSSR count). The molecule has 0 saturated heterocycles. The third-order valence-electron chi connectivity index (χ3n) is 14.5. The fourth-order valence-corrected chi connectivity index (χ4v) is 9.61. The first-order valence-electron chi connectivity index (χ1n) is 32.8. The van der Waals surface area contributed by atoms with Gasteiger partial charge in [0.05, 0.1) is 0 Å². The van der Waals surface area contributed by atoms with E-state index in [1.807, 2.05) is 0 Å². The summed E-state index contributed by atoms with van der Waals surface area (Å²) < 4.78 is 16.8. The van der Waals surface area contributed by atoms with Gasteiger partial charge in [0.2, 0.25) is 0 Å². The Hall–Kier alpha value is -2.89. The standard InChI is InChI=1S/C69H124O6/c1-4-7-10-13-16-18-20-22-24-26-28-29-30-31-32-33-34-35-36-37-38-39-40-41-42-44-45-47-49-51-53-56-59-62-68(71)74-65-66(64-73-67(70)61-58-55-15-12-9-6-3)75-69(72)63-60-57-54-52-50-48-46-43-27-25-23-21-19-17-14-11-8-5-2/h7,10,16,18,22,24-25,27-29,66H,4-6,8-9,11-15,17,19-21,23,26,30-65H2,1-3H3/b10-7-,18-16-,24-22-,27-25-,29-28-. The number of hydrogen-bond acceptors (Lipinski definition) is 6. The SMILES string of the molecule is CC/C=C\C/C=C\C/C=C\C/C=C\CCCCCCCCCCCCCCCCCCCCCCC(=O)OCC(COC(=O)CCCCCCCC)OC(=O)CCCCCCCCC/C=C\CCCCCCCCC. The highest BCUT2D eigenvalue weighted by molar-refractivity contribution is 5.71. The Bertz CT molecular complexity index is 1340. The number of ether oxygens (including phenoxy) is 3. The predicted molar refractivity (Wildman–Crippen MR) is 325 cm³/mol. The largest absolute Gasteiger partial charge is 0.462 e. The molecule has 0 aromatic rings. The fourth-order valence-electron chi connectivity index (χ4n) is 9.61. The molecule has 0 radical (unpaired) electrons. The van der Waals surface area contributed by atoms with E-state index in [9.17, 15) is 14.4 Å². The Morgan fingerprint density at radius 3 is 0.827 bits per heavy atom. The maximum Gasteiger partial charge on any atom is 0.306 e. The van der Waals surface area contributed by atoms with Gasteiger partial charge >= 0.3 is 17.9 Å². The molecule has 1 unspecified atom stereocenters. The molecule has 0 aromatic carbocycles. The molecule has 1 atom stereocenters. The second kappa shape index (κ2) is 63.6. The molecule has 0 heterocycles. The van der Waals surface area contributed by atoms with E-state index in [-0.39, 0.29) is 31.1 Å². The topological polar surface area (TPSA) is 78.9 Å². The van der Waals surface area contributed by atoms with Crippen LogP contribution in [0, 0.1) is 0 Å². The Balaban J connectivity index is 3.96. The van der Waals surface area contributed by atoms with E-state index < -0.39 is 6.10 Å². The van der Waals surface area contributed by atoms with Crippen LogP contribution in [0.15, 0.2) is 60.8 Å². The van der Waals surface area contributed by atoms with Crippen molar-refractivity contribution in [2.45, 2.75) is 348 Å². The van der Waals surface area contributed by atoms with Gasteiger partial charge in [0, 0.05) is 19.3 Å². The van der Waals surface area contributed by atoms with E-state index in [4.69, 9.17) is 14.2 Å². The molecule has 0 spiro atoms. The van der Waals surface area contributed by atoms with Gasteiger partial charge in [-0.05, 0) is 83.5 Å². The molecule has 0 aliphatic rings. The molecule has 0 N–H and O–H groups in total. The van der Waals surface area contributed by atoms with Gasteiger partial charge in [-0.3, -0.25) is 14.4 Å². The van der Waals surface area contributed by atoms with Gasteiger partial charge < -0.3 is 14.2 Å². The molecule has 6 nitrogen and oxygen atoms in total. The van der Waals surface area contributed by atoms with Crippen molar-refractivity contribution in [2.75, 3.05) is 13.2 Å². The van der Waals surface area contributed by atoms with Gasteiger partial charge in [0.15, 0.2) is 6.10 Å². The van der Waals surface area contributed by atoms with Crippen LogP contribution in [0.3, 0.4) is 0 Å². The molecule has 0 fully saturated rings. The maximum atomic E-state index is 12.8. The molecule has 0 saturated carbocycles. The highest BCUT2D eigenvalue weighted by atomic mass is 16.6. The lowest BCUT2D eigenvalue weighted by Gasteiger charge is -2.18. The zero-order chi connectivity index (χ0) is 54.3. The molecule has 0 aliphatic carbocycles. The van der Waals surface area contributed by atoms with Crippen LogP contribution in [0.1, 0.15) is 342 Å². The lowest BCUT2D eigenvalue weighted by atomic mass is 10.0. The Labute approximate surface area is 466 Å². The van der Waals surface area contributed by atoms with Crippen LogP contribution in [-0.2, 0) is 28.6 Å². The summed E-state index contributed by atoms with van der Waals surface area (Å²) in [6, 6.07) is 0. The van der Waals surface area contributed by atoms with Crippen molar-refractivity contribution >= 4 is 17.9 Å². The maximum absolute atomic E-state index is 12.8. The second-order valence-corrected chi connectivity index (χ2v) is 22.0. The van der Waals surface area contributed by atoms with Crippen LogP contribution in [-0.4, -0.2) is 37.2 Å². The Morgan fingerprint density at radius 2 is 0.520 bits per heavy atom. The van der Waals surface area contributed by atoms with Gasteiger partial charge in [0.1, 0.15) is 13.2 Å². The number of carbonyl (C=O) groups excluding carboxylic acids is 3. The first kappa shape index (κ1) is 72.1. The minimum atomic E-state index is -0.770. The van der Waals surface area contributed by atoms with Crippen molar-refractivity contribution in [3.8, 4) is 0 Å². The molecule has 436 valence electrons.